The highest BCUT2D eigenvalue weighted by Crippen LogP contribution is 2.61. The molecule has 0 radical (unpaired) electrons. The Morgan fingerprint density at radius 2 is 1.97 bits per heavy atom. The van der Waals surface area contributed by atoms with E-state index in [0.29, 0.717) is 23.5 Å². The second kappa shape index (κ2) is 7.59. The molecule has 0 heterocycles. The van der Waals surface area contributed by atoms with Gasteiger partial charge in [-0.2, -0.15) is 0 Å². The molecule has 2 aromatic rings. The monoisotopic (exact) mass is 455 g/mol. The molecule has 0 saturated heterocycles. The Labute approximate surface area is 188 Å². The lowest BCUT2D eigenvalue weighted by atomic mass is 9.56. The zero-order valence-corrected chi connectivity index (χ0v) is 19.0. The molecule has 0 spiro atoms. The summed E-state index contributed by atoms with van der Waals surface area (Å²) >= 11 is 0. The fourth-order valence-corrected chi connectivity index (χ4v) is 7.48. The number of sulfonamides is 1. The minimum absolute atomic E-state index is 0.000645. The topological polar surface area (TPSA) is 107 Å². The van der Waals surface area contributed by atoms with Gasteiger partial charge in [0.15, 0.2) is 0 Å². The van der Waals surface area contributed by atoms with Crippen LogP contribution in [0.15, 0.2) is 47.4 Å². The van der Waals surface area contributed by atoms with E-state index in [9.17, 15) is 18.3 Å². The second-order valence-electron chi connectivity index (χ2n) is 10.00. The van der Waals surface area contributed by atoms with Crippen molar-refractivity contribution in [3.8, 4) is 5.75 Å². The third-order valence-corrected chi connectivity index (χ3v) is 9.10. The maximum atomic E-state index is 12.9. The van der Waals surface area contributed by atoms with Crippen LogP contribution < -0.4 is 5.14 Å². The first-order valence-corrected chi connectivity index (χ1v) is 12.8. The number of aryl methyl sites for hydroxylation is 1. The summed E-state index contributed by atoms with van der Waals surface area (Å²) in [6, 6.07) is 11.7. The number of esters is 1. The summed E-state index contributed by atoms with van der Waals surface area (Å²) in [5.74, 6) is 1.18. The van der Waals surface area contributed by atoms with Crippen LogP contribution in [0.5, 0.6) is 5.75 Å². The van der Waals surface area contributed by atoms with E-state index in [4.69, 9.17) is 9.88 Å². The lowest BCUT2D eigenvalue weighted by Gasteiger charge is -2.49. The van der Waals surface area contributed by atoms with Crippen LogP contribution in [0.1, 0.15) is 66.4 Å². The molecule has 3 N–H and O–H groups in total. The Bertz CT molecular complexity index is 1180. The average molecular weight is 456 g/mol. The predicted octanol–water partition coefficient (Wildman–Crippen LogP) is 4.12. The molecule has 2 aromatic carbocycles. The number of nitrogens with two attached hydrogens (primary N) is 1. The van der Waals surface area contributed by atoms with E-state index >= 15 is 0 Å². The number of hydrogen-bond acceptors (Lipinski definition) is 5. The maximum absolute atomic E-state index is 12.9. The van der Waals surface area contributed by atoms with E-state index in [0.717, 1.165) is 38.5 Å². The number of ether oxygens (including phenoxy) is 1. The minimum Gasteiger partial charge on any atom is -0.508 e. The van der Waals surface area contributed by atoms with E-state index < -0.39 is 16.0 Å². The molecule has 0 amide bonds. The third-order valence-electron chi connectivity index (χ3n) is 8.13. The molecule has 0 aromatic heterocycles. The molecule has 7 heteroatoms. The van der Waals surface area contributed by atoms with Gasteiger partial charge in [0.1, 0.15) is 11.9 Å². The van der Waals surface area contributed by atoms with Gasteiger partial charge in [-0.3, -0.25) is 0 Å². The molecule has 3 unspecified atom stereocenters. The fourth-order valence-electron chi connectivity index (χ4n) is 6.75. The largest absolute Gasteiger partial charge is 0.508 e. The van der Waals surface area contributed by atoms with Gasteiger partial charge in [-0.1, -0.05) is 25.1 Å². The predicted molar refractivity (Wildman–Crippen MR) is 120 cm³/mol. The van der Waals surface area contributed by atoms with Crippen LogP contribution in [-0.2, 0) is 21.2 Å². The Balaban J connectivity index is 1.36. The van der Waals surface area contributed by atoms with Gasteiger partial charge in [0, 0.05) is 0 Å². The Kier molecular flexibility index (Phi) is 5.09. The van der Waals surface area contributed by atoms with E-state index in [1.165, 1.54) is 23.3 Å². The molecule has 0 bridgehead atoms. The Morgan fingerprint density at radius 3 is 2.75 bits per heavy atom. The number of primary sulfonamides is 1. The van der Waals surface area contributed by atoms with Crippen LogP contribution >= 0.6 is 0 Å². The van der Waals surface area contributed by atoms with Gasteiger partial charge < -0.3 is 9.84 Å². The average Bonchev–Trinajstić information content (AvgIpc) is 3.08. The van der Waals surface area contributed by atoms with Gasteiger partial charge in [0.25, 0.3) is 0 Å². The third kappa shape index (κ3) is 3.61. The summed E-state index contributed by atoms with van der Waals surface area (Å²) in [5, 5.41) is 15.2. The summed E-state index contributed by atoms with van der Waals surface area (Å²) in [6.07, 6.45) is 5.58. The fraction of sp³-hybridized carbons (Fsp3) is 0.480. The maximum Gasteiger partial charge on any atom is 0.339 e. The van der Waals surface area contributed by atoms with Crippen molar-refractivity contribution in [1.82, 2.24) is 0 Å². The number of fused-ring (bicyclic) bond motifs is 5. The lowest BCUT2D eigenvalue weighted by molar-refractivity contribution is 0.0286. The standard InChI is InChI=1S/C25H29NO5S/c1-25-11-10-19-18-9-7-16(27)12-15(18)6-8-20(19)22(25)13-17(14-25)31-24(28)21-4-2-3-5-23(21)32(26,29)30/h2-5,7,9,12,17,19-20,22,27H,6,8,10-11,13-14H2,1H3,(H2,26,29,30)/t17-,19?,20?,22?,25-/m1/s1. The number of carbonyl (C=O) groups is 1. The molecule has 2 saturated carbocycles. The molecular formula is C25H29NO5S. The highest BCUT2D eigenvalue weighted by Gasteiger charge is 2.54. The normalized spacial score (nSPS) is 31.3. The van der Waals surface area contributed by atoms with Crippen molar-refractivity contribution in [3.05, 3.63) is 59.2 Å². The van der Waals surface area contributed by atoms with Gasteiger partial charge in [-0.15, -0.1) is 0 Å². The van der Waals surface area contributed by atoms with Crippen molar-refractivity contribution in [2.45, 2.75) is 62.4 Å². The first kappa shape index (κ1) is 21.5. The second-order valence-corrected chi connectivity index (χ2v) is 11.5. The molecular weight excluding hydrogens is 426 g/mol. The first-order chi connectivity index (χ1) is 15.2. The highest BCUT2D eigenvalue weighted by atomic mass is 32.2. The summed E-state index contributed by atoms with van der Waals surface area (Å²) in [5.41, 5.74) is 2.73. The van der Waals surface area contributed by atoms with E-state index in [1.807, 2.05) is 6.07 Å². The van der Waals surface area contributed by atoms with Gasteiger partial charge in [0.05, 0.1) is 10.5 Å². The minimum atomic E-state index is -4.01. The summed E-state index contributed by atoms with van der Waals surface area (Å²) in [6.45, 7) is 2.31. The molecule has 3 aliphatic rings. The zero-order valence-electron chi connectivity index (χ0n) is 18.2. The van der Waals surface area contributed by atoms with Crippen LogP contribution in [0.3, 0.4) is 0 Å². The molecule has 170 valence electrons. The SMILES string of the molecule is C[C@]12CCC3c4ccc(O)cc4CCC3C1C[C@@H](OC(=O)c1ccccc1S(N)(=O)=O)C2. The number of benzene rings is 2. The molecule has 32 heavy (non-hydrogen) atoms. The van der Waals surface area contributed by atoms with Gasteiger partial charge in [-0.25, -0.2) is 18.4 Å². The number of rotatable bonds is 3. The molecule has 0 aliphatic heterocycles. The zero-order chi connectivity index (χ0) is 22.7. The Morgan fingerprint density at radius 1 is 1.19 bits per heavy atom. The number of aromatic hydroxyl groups is 1. The number of hydrogen-bond donors (Lipinski definition) is 2. The van der Waals surface area contributed by atoms with Crippen molar-refractivity contribution in [1.29, 1.82) is 0 Å². The smallest absolute Gasteiger partial charge is 0.339 e. The molecule has 6 nitrogen and oxygen atoms in total. The lowest BCUT2D eigenvalue weighted by Crippen LogP contribution is -2.39. The van der Waals surface area contributed by atoms with Crippen LogP contribution in [0, 0.1) is 17.3 Å². The van der Waals surface area contributed by atoms with Crippen molar-refractivity contribution < 1.29 is 23.1 Å². The van der Waals surface area contributed by atoms with Gasteiger partial charge >= 0.3 is 5.97 Å². The van der Waals surface area contributed by atoms with Crippen molar-refractivity contribution in [3.63, 3.8) is 0 Å². The quantitative estimate of drug-likeness (QED) is 0.677. The summed E-state index contributed by atoms with van der Waals surface area (Å²) in [7, 11) is -4.01. The highest BCUT2D eigenvalue weighted by molar-refractivity contribution is 7.89. The van der Waals surface area contributed by atoms with E-state index in [-0.39, 0.29) is 22.0 Å². The molecule has 5 atom stereocenters. The molecule has 2 fully saturated rings. The van der Waals surface area contributed by atoms with Crippen LogP contribution in [0.25, 0.3) is 0 Å². The van der Waals surface area contributed by atoms with Crippen LogP contribution in [0.2, 0.25) is 0 Å². The van der Waals surface area contributed by atoms with Crippen molar-refractivity contribution in [2.24, 2.45) is 22.4 Å². The van der Waals surface area contributed by atoms with Crippen LogP contribution in [0.4, 0.5) is 0 Å². The van der Waals surface area contributed by atoms with E-state index in [2.05, 4.69) is 13.0 Å². The number of phenols is 1. The van der Waals surface area contributed by atoms with Gasteiger partial charge in [-0.05, 0) is 97.1 Å². The number of phenolic OH excluding ortho intramolecular Hbond substituents is 1. The number of carbonyl (C=O) groups excluding carboxylic acids is 1. The molecule has 5 rings (SSSR count). The Hall–Kier alpha value is -2.38. The van der Waals surface area contributed by atoms with E-state index in [1.54, 1.807) is 18.2 Å². The van der Waals surface area contributed by atoms with Crippen molar-refractivity contribution in [2.75, 3.05) is 0 Å². The summed E-state index contributed by atoms with van der Waals surface area (Å²) in [4.78, 5) is 12.7. The molecule has 3 aliphatic carbocycles. The summed E-state index contributed by atoms with van der Waals surface area (Å²) < 4.78 is 29.6. The first-order valence-electron chi connectivity index (χ1n) is 11.3. The van der Waals surface area contributed by atoms with Crippen LogP contribution in [-0.4, -0.2) is 25.6 Å². The van der Waals surface area contributed by atoms with Gasteiger partial charge in [0.2, 0.25) is 10.0 Å². The van der Waals surface area contributed by atoms with Crippen molar-refractivity contribution >= 4 is 16.0 Å².